The molecular formula is C28H24N4O4. The maximum Gasteiger partial charge on any atom is 0.258 e. The molecule has 180 valence electrons. The van der Waals surface area contributed by atoms with Gasteiger partial charge in [0.2, 0.25) is 17.7 Å². The number of hydrogen-bond acceptors (Lipinski definition) is 4. The predicted octanol–water partition coefficient (Wildman–Crippen LogP) is 4.06. The first-order chi connectivity index (χ1) is 17.5. The molecule has 0 bridgehead atoms. The number of rotatable bonds is 5. The number of anilines is 4. The predicted molar refractivity (Wildman–Crippen MR) is 139 cm³/mol. The molecule has 0 spiro atoms. The van der Waals surface area contributed by atoms with E-state index >= 15 is 0 Å². The molecule has 3 aromatic rings. The zero-order valence-electron chi connectivity index (χ0n) is 19.4. The third-order valence-corrected chi connectivity index (χ3v) is 6.12. The molecule has 0 radical (unpaired) electrons. The summed E-state index contributed by atoms with van der Waals surface area (Å²) in [4.78, 5) is 52.5. The van der Waals surface area contributed by atoms with Gasteiger partial charge in [0.15, 0.2) is 0 Å². The topological polar surface area (TPSA) is 98.8 Å². The summed E-state index contributed by atoms with van der Waals surface area (Å²) in [6.45, 7) is 0.677. The highest BCUT2D eigenvalue weighted by atomic mass is 16.2. The van der Waals surface area contributed by atoms with Gasteiger partial charge in [-0.3, -0.25) is 24.1 Å². The molecular weight excluding hydrogens is 456 g/mol. The molecule has 0 saturated carbocycles. The van der Waals surface area contributed by atoms with Crippen LogP contribution in [0.3, 0.4) is 0 Å². The summed E-state index contributed by atoms with van der Waals surface area (Å²) >= 11 is 0. The van der Waals surface area contributed by atoms with E-state index in [0.29, 0.717) is 29.0 Å². The molecule has 1 saturated heterocycles. The van der Waals surface area contributed by atoms with Crippen molar-refractivity contribution in [2.45, 2.75) is 12.8 Å². The Labute approximate surface area is 208 Å². The summed E-state index contributed by atoms with van der Waals surface area (Å²) in [6, 6.07) is 21.2. The van der Waals surface area contributed by atoms with Crippen molar-refractivity contribution in [3.05, 3.63) is 90.0 Å². The maximum atomic E-state index is 13.1. The van der Waals surface area contributed by atoms with Crippen LogP contribution in [0.15, 0.2) is 78.9 Å². The van der Waals surface area contributed by atoms with Gasteiger partial charge in [-0.25, -0.2) is 0 Å². The minimum absolute atomic E-state index is 0.0611. The van der Waals surface area contributed by atoms with Crippen molar-refractivity contribution in [3.8, 4) is 0 Å². The van der Waals surface area contributed by atoms with Gasteiger partial charge in [0.25, 0.3) is 5.91 Å². The second kappa shape index (κ2) is 9.87. The standard InChI is InChI=1S/C28H24N4O4/c33-25(16-9-19-7-14-22(15-8-19)31-17-3-6-27(31)35)29-21-12-10-20(11-13-21)28(36)32-18-26(34)30-23-4-1-2-5-24(23)32/h1-2,4-5,7-16H,3,6,17-18H2,(H,29,33)(H,30,34)/b16-9+. The van der Waals surface area contributed by atoms with Gasteiger partial charge in [-0.15, -0.1) is 0 Å². The van der Waals surface area contributed by atoms with Gasteiger partial charge in [0.1, 0.15) is 6.54 Å². The highest BCUT2D eigenvalue weighted by Gasteiger charge is 2.27. The van der Waals surface area contributed by atoms with E-state index in [1.807, 2.05) is 30.3 Å². The van der Waals surface area contributed by atoms with Crippen LogP contribution in [-0.4, -0.2) is 36.7 Å². The molecule has 0 aromatic heterocycles. The number of nitrogens with one attached hydrogen (secondary N) is 2. The smallest absolute Gasteiger partial charge is 0.258 e. The second-order valence-corrected chi connectivity index (χ2v) is 8.60. The zero-order chi connectivity index (χ0) is 25.1. The molecule has 3 aromatic carbocycles. The molecule has 2 heterocycles. The van der Waals surface area contributed by atoms with Crippen molar-refractivity contribution in [2.75, 3.05) is 33.5 Å². The number of hydrogen-bond donors (Lipinski definition) is 2. The highest BCUT2D eigenvalue weighted by Crippen LogP contribution is 2.30. The normalized spacial score (nSPS) is 15.1. The number of carbonyl (C=O) groups is 4. The second-order valence-electron chi connectivity index (χ2n) is 8.60. The van der Waals surface area contributed by atoms with Crippen LogP contribution in [0.2, 0.25) is 0 Å². The molecule has 8 nitrogen and oxygen atoms in total. The maximum absolute atomic E-state index is 13.1. The van der Waals surface area contributed by atoms with Gasteiger partial charge in [0.05, 0.1) is 11.4 Å². The minimum atomic E-state index is -0.311. The van der Waals surface area contributed by atoms with Crippen molar-refractivity contribution >= 4 is 52.5 Å². The van der Waals surface area contributed by atoms with Crippen LogP contribution < -0.4 is 20.4 Å². The molecule has 2 aliphatic rings. The SMILES string of the molecule is O=C(/C=C/c1ccc(N2CCCC2=O)cc1)Nc1ccc(C(=O)N2CC(=O)Nc3ccccc32)cc1. The number of carbonyl (C=O) groups excluding carboxylic acids is 4. The van der Waals surface area contributed by atoms with Crippen molar-refractivity contribution < 1.29 is 19.2 Å². The summed E-state index contributed by atoms with van der Waals surface area (Å²) in [5.41, 5.74) is 3.89. The van der Waals surface area contributed by atoms with E-state index in [-0.39, 0.29) is 30.2 Å². The Morgan fingerprint density at radius 3 is 2.39 bits per heavy atom. The molecule has 1 fully saturated rings. The first-order valence-electron chi connectivity index (χ1n) is 11.7. The van der Waals surface area contributed by atoms with Crippen LogP contribution in [0.4, 0.5) is 22.7 Å². The molecule has 2 aliphatic heterocycles. The van der Waals surface area contributed by atoms with Crippen LogP contribution in [0.1, 0.15) is 28.8 Å². The number of amides is 4. The molecule has 4 amide bonds. The van der Waals surface area contributed by atoms with E-state index in [2.05, 4.69) is 10.6 Å². The van der Waals surface area contributed by atoms with E-state index in [4.69, 9.17) is 0 Å². The fourth-order valence-corrected chi connectivity index (χ4v) is 4.31. The van der Waals surface area contributed by atoms with Crippen LogP contribution in [-0.2, 0) is 14.4 Å². The quantitative estimate of drug-likeness (QED) is 0.538. The highest BCUT2D eigenvalue weighted by molar-refractivity contribution is 6.15. The van der Waals surface area contributed by atoms with E-state index in [9.17, 15) is 19.2 Å². The average molecular weight is 481 g/mol. The summed E-state index contributed by atoms with van der Waals surface area (Å²) in [6.07, 6.45) is 4.58. The van der Waals surface area contributed by atoms with Crippen LogP contribution in [0.5, 0.6) is 0 Å². The summed E-state index contributed by atoms with van der Waals surface area (Å²) < 4.78 is 0. The zero-order valence-corrected chi connectivity index (χ0v) is 19.4. The van der Waals surface area contributed by atoms with E-state index < -0.39 is 0 Å². The van der Waals surface area contributed by atoms with Crippen LogP contribution >= 0.6 is 0 Å². The summed E-state index contributed by atoms with van der Waals surface area (Å²) in [5, 5.41) is 5.54. The molecule has 5 rings (SSSR count). The third-order valence-electron chi connectivity index (χ3n) is 6.12. The average Bonchev–Trinajstić information content (AvgIpc) is 3.33. The van der Waals surface area contributed by atoms with Crippen LogP contribution in [0, 0.1) is 0 Å². The number of nitrogens with zero attached hydrogens (tertiary/aromatic N) is 2. The van der Waals surface area contributed by atoms with Crippen molar-refractivity contribution in [1.82, 2.24) is 0 Å². The van der Waals surface area contributed by atoms with Gasteiger partial charge < -0.3 is 15.5 Å². The van der Waals surface area contributed by atoms with Crippen molar-refractivity contribution in [3.63, 3.8) is 0 Å². The lowest BCUT2D eigenvalue weighted by atomic mass is 10.1. The molecule has 0 atom stereocenters. The fourth-order valence-electron chi connectivity index (χ4n) is 4.31. The van der Waals surface area contributed by atoms with E-state index in [0.717, 1.165) is 24.2 Å². The Morgan fingerprint density at radius 2 is 1.67 bits per heavy atom. The van der Waals surface area contributed by atoms with Crippen molar-refractivity contribution in [2.24, 2.45) is 0 Å². The Hall–Kier alpha value is -4.72. The lowest BCUT2D eigenvalue weighted by Gasteiger charge is -2.29. The fraction of sp³-hybridized carbons (Fsp3) is 0.143. The summed E-state index contributed by atoms with van der Waals surface area (Å²) in [5.74, 6) is -0.725. The number of fused-ring (bicyclic) bond motifs is 1. The van der Waals surface area contributed by atoms with Gasteiger partial charge in [-0.05, 0) is 66.6 Å². The van der Waals surface area contributed by atoms with E-state index in [1.165, 1.54) is 11.0 Å². The first-order valence-corrected chi connectivity index (χ1v) is 11.7. The van der Waals surface area contributed by atoms with Gasteiger partial charge in [-0.2, -0.15) is 0 Å². The molecule has 2 N–H and O–H groups in total. The van der Waals surface area contributed by atoms with Crippen LogP contribution in [0.25, 0.3) is 6.08 Å². The lowest BCUT2D eigenvalue weighted by molar-refractivity contribution is -0.117. The van der Waals surface area contributed by atoms with E-state index in [1.54, 1.807) is 53.4 Å². The summed E-state index contributed by atoms with van der Waals surface area (Å²) in [7, 11) is 0. The largest absolute Gasteiger partial charge is 0.323 e. The molecule has 0 unspecified atom stereocenters. The Bertz CT molecular complexity index is 1360. The van der Waals surface area contributed by atoms with Crippen molar-refractivity contribution in [1.29, 1.82) is 0 Å². The monoisotopic (exact) mass is 480 g/mol. The minimum Gasteiger partial charge on any atom is -0.323 e. The Kier molecular flexibility index (Phi) is 6.32. The van der Waals surface area contributed by atoms with Gasteiger partial charge in [0, 0.05) is 36.0 Å². The number of para-hydroxylation sites is 2. The third kappa shape index (κ3) is 4.88. The van der Waals surface area contributed by atoms with Gasteiger partial charge >= 0.3 is 0 Å². The Morgan fingerprint density at radius 1 is 0.917 bits per heavy atom. The lowest BCUT2D eigenvalue weighted by Crippen LogP contribution is -2.42. The van der Waals surface area contributed by atoms with Gasteiger partial charge in [-0.1, -0.05) is 24.3 Å². The molecule has 0 aliphatic carbocycles. The molecule has 36 heavy (non-hydrogen) atoms. The molecule has 8 heteroatoms. The Balaban J connectivity index is 1.20. The first kappa shape index (κ1) is 23.0. The number of benzene rings is 3.